The van der Waals surface area contributed by atoms with Crippen LogP contribution in [-0.4, -0.2) is 44.3 Å². The highest BCUT2D eigenvalue weighted by Gasteiger charge is 2.38. The van der Waals surface area contributed by atoms with E-state index in [0.29, 0.717) is 22.2 Å². The zero-order chi connectivity index (χ0) is 19.6. The van der Waals surface area contributed by atoms with Crippen molar-refractivity contribution in [2.24, 2.45) is 0 Å². The smallest absolute Gasteiger partial charge is 0.340 e. The molecule has 1 aliphatic heterocycles. The molecule has 0 unspecified atom stereocenters. The number of anilines is 1. The van der Waals surface area contributed by atoms with E-state index in [0.717, 1.165) is 17.8 Å². The van der Waals surface area contributed by atoms with E-state index in [-0.39, 0.29) is 16.3 Å². The van der Waals surface area contributed by atoms with E-state index in [1.54, 1.807) is 11.4 Å². The third-order valence-electron chi connectivity index (χ3n) is 4.18. The minimum atomic E-state index is -3.83. The van der Waals surface area contributed by atoms with Gasteiger partial charge < -0.3 is 10.1 Å². The fourth-order valence-electron chi connectivity index (χ4n) is 2.88. The average molecular weight is 449 g/mol. The monoisotopic (exact) mass is 448 g/mol. The van der Waals surface area contributed by atoms with E-state index in [4.69, 9.17) is 16.3 Å². The van der Waals surface area contributed by atoms with Crippen molar-refractivity contribution in [2.45, 2.75) is 29.5 Å². The number of halogens is 1. The summed E-state index contributed by atoms with van der Waals surface area (Å²) < 4.78 is 32.3. The van der Waals surface area contributed by atoms with E-state index >= 15 is 0 Å². The van der Waals surface area contributed by atoms with Crippen LogP contribution in [0.5, 0.6) is 0 Å². The van der Waals surface area contributed by atoms with Crippen LogP contribution >= 0.6 is 34.3 Å². The lowest BCUT2D eigenvalue weighted by Gasteiger charge is -2.33. The topological polar surface area (TPSA) is 92.8 Å². The van der Waals surface area contributed by atoms with Crippen molar-refractivity contribution >= 4 is 61.2 Å². The molecule has 1 fully saturated rings. The predicted octanol–water partition coefficient (Wildman–Crippen LogP) is 3.43. The normalized spacial score (nSPS) is 18.2. The van der Waals surface area contributed by atoms with Gasteiger partial charge in [0.2, 0.25) is 5.91 Å². The van der Waals surface area contributed by atoms with Crippen molar-refractivity contribution in [3.8, 4) is 0 Å². The molecule has 27 heavy (non-hydrogen) atoms. The number of hydrogen-bond donors (Lipinski definition) is 1. The first-order valence-corrected chi connectivity index (χ1v) is 11.6. The molecule has 0 radical (unpaired) electrons. The van der Waals surface area contributed by atoms with Crippen molar-refractivity contribution in [3.63, 3.8) is 0 Å². The molecule has 146 valence electrons. The Bertz CT molecular complexity index is 953. The molecule has 2 aromatic heterocycles. The van der Waals surface area contributed by atoms with Crippen molar-refractivity contribution in [3.05, 3.63) is 33.5 Å². The molecule has 0 aliphatic carbocycles. The van der Waals surface area contributed by atoms with Gasteiger partial charge in [0.15, 0.2) is 0 Å². The first-order chi connectivity index (χ1) is 12.8. The summed E-state index contributed by atoms with van der Waals surface area (Å²) in [7, 11) is -2.57. The zero-order valence-electron chi connectivity index (χ0n) is 14.3. The highest BCUT2D eigenvalue weighted by atomic mass is 35.5. The fourth-order valence-corrected chi connectivity index (χ4v) is 6.93. The molecule has 1 saturated heterocycles. The quantitative estimate of drug-likeness (QED) is 0.707. The number of rotatable bonds is 5. The van der Waals surface area contributed by atoms with Gasteiger partial charge in [-0.1, -0.05) is 18.0 Å². The molecule has 1 amide bonds. The summed E-state index contributed by atoms with van der Waals surface area (Å²) in [5.74, 6) is -1.03. The van der Waals surface area contributed by atoms with Crippen molar-refractivity contribution in [2.75, 3.05) is 19.0 Å². The number of esters is 1. The van der Waals surface area contributed by atoms with Gasteiger partial charge in [-0.15, -0.1) is 22.7 Å². The Balaban J connectivity index is 1.84. The van der Waals surface area contributed by atoms with Gasteiger partial charge in [0, 0.05) is 6.54 Å². The maximum Gasteiger partial charge on any atom is 0.340 e. The number of piperidine rings is 1. The summed E-state index contributed by atoms with van der Waals surface area (Å²) in [6.07, 6.45) is 1.82. The Kier molecular flexibility index (Phi) is 6.21. The minimum absolute atomic E-state index is 0.110. The molecule has 3 rings (SSSR count). The maximum absolute atomic E-state index is 13.0. The first-order valence-electron chi connectivity index (χ1n) is 8.08. The lowest BCUT2D eigenvalue weighted by atomic mass is 10.0. The molecule has 0 aromatic carbocycles. The molecule has 3 heterocycles. The Hall–Kier alpha value is -1.46. The number of sulfonamides is 1. The molecule has 11 heteroatoms. The van der Waals surface area contributed by atoms with Crippen LogP contribution in [0.15, 0.2) is 27.8 Å². The maximum atomic E-state index is 13.0. The van der Waals surface area contributed by atoms with Crippen LogP contribution < -0.4 is 5.32 Å². The van der Waals surface area contributed by atoms with Crippen LogP contribution in [-0.2, 0) is 19.6 Å². The Morgan fingerprint density at radius 1 is 1.30 bits per heavy atom. The van der Waals surface area contributed by atoms with Crippen LogP contribution in [0.25, 0.3) is 0 Å². The number of nitrogens with one attached hydrogen (secondary N) is 1. The number of nitrogens with zero attached hydrogens (tertiary/aromatic N) is 1. The highest BCUT2D eigenvalue weighted by molar-refractivity contribution is 7.91. The lowest BCUT2D eigenvalue weighted by molar-refractivity contribution is -0.120. The second-order valence-electron chi connectivity index (χ2n) is 5.83. The van der Waals surface area contributed by atoms with Gasteiger partial charge in [0.25, 0.3) is 10.0 Å². The minimum Gasteiger partial charge on any atom is -0.465 e. The Morgan fingerprint density at radius 3 is 2.74 bits per heavy atom. The lowest BCUT2D eigenvalue weighted by Crippen LogP contribution is -2.49. The van der Waals surface area contributed by atoms with Crippen LogP contribution in [0.3, 0.4) is 0 Å². The van der Waals surface area contributed by atoms with Crippen molar-refractivity contribution in [1.82, 2.24) is 4.31 Å². The zero-order valence-corrected chi connectivity index (χ0v) is 17.5. The molecule has 2 aromatic rings. The first kappa shape index (κ1) is 20.3. The van der Waals surface area contributed by atoms with Crippen LogP contribution in [0.2, 0.25) is 4.34 Å². The van der Waals surface area contributed by atoms with Gasteiger partial charge in [0.05, 0.1) is 17.0 Å². The Morgan fingerprint density at radius 2 is 2.07 bits per heavy atom. The predicted molar refractivity (Wildman–Crippen MR) is 105 cm³/mol. The van der Waals surface area contributed by atoms with Crippen molar-refractivity contribution in [1.29, 1.82) is 0 Å². The van der Waals surface area contributed by atoms with Gasteiger partial charge in [-0.25, -0.2) is 13.2 Å². The Labute approximate surface area is 169 Å². The molecule has 0 saturated carbocycles. The SMILES string of the molecule is COC(=O)c1ccsc1NC(=O)[C@H]1CCCCN1S(=O)(=O)c1ccc(Cl)s1. The molecule has 0 spiro atoms. The molecular weight excluding hydrogens is 432 g/mol. The van der Waals surface area contributed by atoms with Gasteiger partial charge in [-0.3, -0.25) is 4.79 Å². The van der Waals surface area contributed by atoms with E-state index in [9.17, 15) is 18.0 Å². The number of carbonyl (C=O) groups is 2. The van der Waals surface area contributed by atoms with E-state index in [2.05, 4.69) is 5.32 Å². The summed E-state index contributed by atoms with van der Waals surface area (Å²) in [5.41, 5.74) is 0.242. The number of carbonyl (C=O) groups excluding carboxylic acids is 2. The number of hydrogen-bond acceptors (Lipinski definition) is 7. The molecule has 1 N–H and O–H groups in total. The van der Waals surface area contributed by atoms with Gasteiger partial charge in [0.1, 0.15) is 15.3 Å². The second-order valence-corrected chi connectivity index (χ2v) is 10.6. The molecule has 0 bridgehead atoms. The van der Waals surface area contributed by atoms with E-state index in [1.807, 2.05) is 0 Å². The molecular formula is C16H17ClN2O5S3. The number of ether oxygens (including phenoxy) is 1. The third-order valence-corrected chi connectivity index (χ3v) is 8.61. The largest absolute Gasteiger partial charge is 0.465 e. The molecule has 1 atom stereocenters. The van der Waals surface area contributed by atoms with E-state index < -0.39 is 27.9 Å². The summed E-state index contributed by atoms with van der Waals surface area (Å²) in [6.45, 7) is 0.254. The van der Waals surface area contributed by atoms with Gasteiger partial charge >= 0.3 is 5.97 Å². The molecule has 1 aliphatic rings. The highest BCUT2D eigenvalue weighted by Crippen LogP contribution is 2.32. The summed E-state index contributed by atoms with van der Waals surface area (Å²) >= 11 is 8.01. The average Bonchev–Trinajstić information content (AvgIpc) is 3.30. The van der Waals surface area contributed by atoms with Gasteiger partial charge in [-0.05, 0) is 36.4 Å². The number of thiophene rings is 2. The van der Waals surface area contributed by atoms with Crippen LogP contribution in [0.1, 0.15) is 29.6 Å². The summed E-state index contributed by atoms with van der Waals surface area (Å²) in [4.78, 5) is 24.6. The standard InChI is InChI=1S/C16H17ClN2O5S3/c1-24-16(21)10-7-9-25-15(10)18-14(20)11-4-2-3-8-19(11)27(22,23)13-6-5-12(17)26-13/h5-7,9,11H,2-4,8H2,1H3,(H,18,20)/t11-/m1/s1. The van der Waals surface area contributed by atoms with Crippen molar-refractivity contribution < 1.29 is 22.7 Å². The second kappa shape index (κ2) is 8.27. The summed E-state index contributed by atoms with van der Waals surface area (Å²) in [6, 6.07) is 3.67. The van der Waals surface area contributed by atoms with Crippen LogP contribution in [0.4, 0.5) is 5.00 Å². The van der Waals surface area contributed by atoms with E-state index in [1.165, 1.54) is 34.9 Å². The molecule has 7 nitrogen and oxygen atoms in total. The third kappa shape index (κ3) is 4.19. The van der Waals surface area contributed by atoms with Gasteiger partial charge in [-0.2, -0.15) is 4.31 Å². The van der Waals surface area contributed by atoms with Crippen LogP contribution in [0, 0.1) is 0 Å². The number of amides is 1. The number of methoxy groups -OCH3 is 1. The summed E-state index contributed by atoms with van der Waals surface area (Å²) in [5, 5.41) is 4.68. The fraction of sp³-hybridized carbons (Fsp3) is 0.375.